The minimum absolute atomic E-state index is 0.0525. The highest BCUT2D eigenvalue weighted by Crippen LogP contribution is 2.17. The molecule has 8 heteroatoms. The van der Waals surface area contributed by atoms with Crippen molar-refractivity contribution >= 4 is 15.9 Å². The summed E-state index contributed by atoms with van der Waals surface area (Å²) in [4.78, 5) is 14.0. The van der Waals surface area contributed by atoms with E-state index in [0.717, 1.165) is 19.6 Å². The van der Waals surface area contributed by atoms with Crippen molar-refractivity contribution in [1.82, 2.24) is 15.5 Å². The van der Waals surface area contributed by atoms with Crippen LogP contribution in [0, 0.1) is 5.92 Å². The number of amides is 2. The maximum absolute atomic E-state index is 11.7. The number of carbonyl (C=O) groups is 1. The quantitative estimate of drug-likeness (QED) is 0.729. The van der Waals surface area contributed by atoms with Gasteiger partial charge in [0.2, 0.25) is 0 Å². The Hall–Kier alpha value is -0.860. The summed E-state index contributed by atoms with van der Waals surface area (Å²) in [6, 6.07) is -0.223. The van der Waals surface area contributed by atoms with Gasteiger partial charge in [0.15, 0.2) is 9.84 Å². The van der Waals surface area contributed by atoms with Gasteiger partial charge in [-0.25, -0.2) is 13.2 Å². The highest BCUT2D eigenvalue weighted by Gasteiger charge is 2.28. The number of nitrogens with zero attached hydrogens (tertiary/aromatic N) is 1. The minimum Gasteiger partial charge on any atom is -0.373 e. The number of hydrogen-bond donors (Lipinski definition) is 2. The summed E-state index contributed by atoms with van der Waals surface area (Å²) in [7, 11) is -2.88. The van der Waals surface area contributed by atoms with E-state index in [0.29, 0.717) is 19.5 Å². The Kier molecular flexibility index (Phi) is 6.05. The number of sulfone groups is 1. The van der Waals surface area contributed by atoms with Crippen molar-refractivity contribution in [3.8, 4) is 0 Å². The molecule has 0 aromatic rings. The van der Waals surface area contributed by atoms with Crippen LogP contribution in [0.2, 0.25) is 0 Å². The lowest BCUT2D eigenvalue weighted by Gasteiger charge is -2.35. The second-order valence-electron chi connectivity index (χ2n) is 6.42. The normalized spacial score (nSPS) is 31.8. The van der Waals surface area contributed by atoms with Gasteiger partial charge in [0.1, 0.15) is 0 Å². The standard InChI is InChI=1S/C14H27N3O4S/c1-11-8-17(9-12(2)21-11)5-4-15-14(18)16-7-13-3-6-22(19,20)10-13/h11-13H,3-10H2,1-2H3,(H2,15,16,18)/t11-,12+,13-/m1/s1. The fourth-order valence-corrected chi connectivity index (χ4v) is 4.99. The molecule has 0 unspecified atom stereocenters. The molecule has 2 amide bonds. The monoisotopic (exact) mass is 333 g/mol. The summed E-state index contributed by atoms with van der Waals surface area (Å²) >= 11 is 0. The second kappa shape index (κ2) is 7.61. The SMILES string of the molecule is C[C@@H]1CN(CCNC(=O)NC[C@H]2CCS(=O)(=O)C2)C[C@H](C)O1. The molecule has 0 bridgehead atoms. The van der Waals surface area contributed by atoms with E-state index in [1.807, 2.05) is 0 Å². The van der Waals surface area contributed by atoms with Crippen LogP contribution < -0.4 is 10.6 Å². The summed E-state index contributed by atoms with van der Waals surface area (Å²) in [6.07, 6.45) is 1.09. The molecule has 0 spiro atoms. The highest BCUT2D eigenvalue weighted by atomic mass is 32.2. The van der Waals surface area contributed by atoms with Gasteiger partial charge in [-0.05, 0) is 26.2 Å². The first-order valence-electron chi connectivity index (χ1n) is 7.94. The molecule has 7 nitrogen and oxygen atoms in total. The number of carbonyl (C=O) groups excluding carboxylic acids is 1. The summed E-state index contributed by atoms with van der Waals surface area (Å²) in [5.41, 5.74) is 0. The Balaban J connectivity index is 1.58. The highest BCUT2D eigenvalue weighted by molar-refractivity contribution is 7.91. The Labute approximate surface area is 132 Å². The Morgan fingerprint density at radius 3 is 2.50 bits per heavy atom. The molecule has 0 aromatic carbocycles. The van der Waals surface area contributed by atoms with E-state index in [1.165, 1.54) is 0 Å². The van der Waals surface area contributed by atoms with Crippen molar-refractivity contribution in [1.29, 1.82) is 0 Å². The summed E-state index contributed by atoms with van der Waals surface area (Å²) in [6.45, 7) is 7.67. The first-order chi connectivity index (χ1) is 10.3. The zero-order valence-electron chi connectivity index (χ0n) is 13.4. The molecule has 0 saturated carbocycles. The predicted octanol–water partition coefficient (Wildman–Crippen LogP) is -0.170. The molecule has 0 aromatic heterocycles. The molecule has 2 N–H and O–H groups in total. The van der Waals surface area contributed by atoms with Crippen molar-refractivity contribution in [2.75, 3.05) is 44.2 Å². The number of nitrogens with one attached hydrogen (secondary N) is 2. The van der Waals surface area contributed by atoms with Crippen LogP contribution in [-0.4, -0.2) is 75.8 Å². The molecular formula is C14H27N3O4S. The maximum atomic E-state index is 11.7. The van der Waals surface area contributed by atoms with Gasteiger partial charge in [-0.2, -0.15) is 0 Å². The smallest absolute Gasteiger partial charge is 0.314 e. The van der Waals surface area contributed by atoms with E-state index in [9.17, 15) is 13.2 Å². The van der Waals surface area contributed by atoms with Crippen LogP contribution in [0.25, 0.3) is 0 Å². The van der Waals surface area contributed by atoms with Gasteiger partial charge in [0, 0.05) is 32.7 Å². The summed E-state index contributed by atoms with van der Waals surface area (Å²) in [5.74, 6) is 0.488. The van der Waals surface area contributed by atoms with Crippen LogP contribution in [0.5, 0.6) is 0 Å². The summed E-state index contributed by atoms with van der Waals surface area (Å²) < 4.78 is 28.3. The zero-order chi connectivity index (χ0) is 16.2. The van der Waals surface area contributed by atoms with Gasteiger partial charge in [0.25, 0.3) is 0 Å². The molecule has 22 heavy (non-hydrogen) atoms. The molecule has 2 saturated heterocycles. The van der Waals surface area contributed by atoms with Gasteiger partial charge in [-0.15, -0.1) is 0 Å². The Morgan fingerprint density at radius 2 is 1.91 bits per heavy atom. The first kappa shape index (κ1) is 17.5. The lowest BCUT2D eigenvalue weighted by molar-refractivity contribution is -0.0672. The molecule has 2 fully saturated rings. The number of ether oxygens (including phenoxy) is 1. The number of rotatable bonds is 5. The average Bonchev–Trinajstić information content (AvgIpc) is 2.75. The molecule has 2 heterocycles. The molecule has 3 atom stereocenters. The van der Waals surface area contributed by atoms with Crippen LogP contribution in [-0.2, 0) is 14.6 Å². The third-order valence-electron chi connectivity index (χ3n) is 4.09. The average molecular weight is 333 g/mol. The lowest BCUT2D eigenvalue weighted by atomic mass is 10.1. The fourth-order valence-electron chi connectivity index (χ4n) is 3.13. The van der Waals surface area contributed by atoms with E-state index in [-0.39, 0.29) is 35.7 Å². The second-order valence-corrected chi connectivity index (χ2v) is 8.65. The van der Waals surface area contributed by atoms with E-state index in [4.69, 9.17) is 4.74 Å². The van der Waals surface area contributed by atoms with Crippen LogP contribution in [0.3, 0.4) is 0 Å². The molecule has 128 valence electrons. The third kappa shape index (κ3) is 5.73. The lowest BCUT2D eigenvalue weighted by Crippen LogP contribution is -2.48. The van der Waals surface area contributed by atoms with Crippen LogP contribution >= 0.6 is 0 Å². The number of urea groups is 1. The van der Waals surface area contributed by atoms with Gasteiger partial charge in [-0.1, -0.05) is 0 Å². The molecule has 2 rings (SSSR count). The number of morpholine rings is 1. The van der Waals surface area contributed by atoms with Crippen molar-refractivity contribution in [3.05, 3.63) is 0 Å². The van der Waals surface area contributed by atoms with Crippen molar-refractivity contribution < 1.29 is 17.9 Å². The van der Waals surface area contributed by atoms with E-state index in [1.54, 1.807) is 0 Å². The van der Waals surface area contributed by atoms with Crippen molar-refractivity contribution in [3.63, 3.8) is 0 Å². The third-order valence-corrected chi connectivity index (χ3v) is 5.92. The van der Waals surface area contributed by atoms with Crippen molar-refractivity contribution in [2.45, 2.75) is 32.5 Å². The Bertz CT molecular complexity index is 472. The first-order valence-corrected chi connectivity index (χ1v) is 9.76. The minimum atomic E-state index is -2.88. The molecule has 2 aliphatic rings. The van der Waals surface area contributed by atoms with Gasteiger partial charge < -0.3 is 15.4 Å². The van der Waals surface area contributed by atoms with Crippen molar-refractivity contribution in [2.24, 2.45) is 5.92 Å². The van der Waals surface area contributed by atoms with E-state index >= 15 is 0 Å². The van der Waals surface area contributed by atoms with Crippen LogP contribution in [0.4, 0.5) is 4.79 Å². The topological polar surface area (TPSA) is 87.7 Å². The van der Waals surface area contributed by atoms with Gasteiger partial charge >= 0.3 is 6.03 Å². The zero-order valence-corrected chi connectivity index (χ0v) is 14.2. The van der Waals surface area contributed by atoms with Crippen LogP contribution in [0.1, 0.15) is 20.3 Å². The van der Waals surface area contributed by atoms with E-state index in [2.05, 4.69) is 29.4 Å². The molecule has 2 aliphatic heterocycles. The maximum Gasteiger partial charge on any atom is 0.314 e. The van der Waals surface area contributed by atoms with Gasteiger partial charge in [-0.3, -0.25) is 4.90 Å². The molecule has 0 radical (unpaired) electrons. The molecular weight excluding hydrogens is 306 g/mol. The summed E-state index contributed by atoms with van der Waals surface area (Å²) in [5, 5.41) is 5.58. The largest absolute Gasteiger partial charge is 0.373 e. The van der Waals surface area contributed by atoms with Crippen LogP contribution in [0.15, 0.2) is 0 Å². The predicted molar refractivity (Wildman–Crippen MR) is 84.6 cm³/mol. The molecule has 0 aliphatic carbocycles. The fraction of sp³-hybridized carbons (Fsp3) is 0.929. The van der Waals surface area contributed by atoms with Gasteiger partial charge in [0.05, 0.1) is 23.7 Å². The Morgan fingerprint density at radius 1 is 1.23 bits per heavy atom. The number of hydrogen-bond acceptors (Lipinski definition) is 5. The van der Waals surface area contributed by atoms with E-state index < -0.39 is 9.84 Å².